The van der Waals surface area contributed by atoms with Gasteiger partial charge in [-0.15, -0.1) is 0 Å². The molecule has 4 nitrogen and oxygen atoms in total. The minimum absolute atomic E-state index is 0.630. The Balaban J connectivity index is 1.50. The molecule has 0 fully saturated rings. The van der Waals surface area contributed by atoms with Crippen LogP contribution in [-0.2, 0) is 6.42 Å². The molecule has 1 aliphatic carbocycles. The van der Waals surface area contributed by atoms with E-state index in [0.717, 1.165) is 45.7 Å². The third kappa shape index (κ3) is 3.81. The number of hydroxylamine groups is 1. The fraction of sp³-hybridized carbons (Fsp3) is 0.167. The van der Waals surface area contributed by atoms with Crippen molar-refractivity contribution in [1.29, 1.82) is 0 Å². The van der Waals surface area contributed by atoms with Crippen molar-refractivity contribution in [2.45, 2.75) is 12.8 Å². The third-order valence-corrected chi connectivity index (χ3v) is 4.84. The fourth-order valence-corrected chi connectivity index (χ4v) is 3.46. The summed E-state index contributed by atoms with van der Waals surface area (Å²) in [7, 11) is 1.52. The van der Waals surface area contributed by atoms with Crippen LogP contribution >= 0.6 is 0 Å². The largest absolute Gasteiger partial charge is 0.624 e. The molecule has 0 spiro atoms. The predicted octanol–water partition coefficient (Wildman–Crippen LogP) is 4.47. The van der Waals surface area contributed by atoms with Crippen LogP contribution in [0.4, 0.5) is 0 Å². The quantitative estimate of drug-likeness (QED) is 0.278. The van der Waals surface area contributed by atoms with E-state index in [1.807, 2.05) is 48.5 Å². The summed E-state index contributed by atoms with van der Waals surface area (Å²) in [5.41, 5.74) is 5.66. The molecule has 0 atom stereocenters. The van der Waals surface area contributed by atoms with Crippen molar-refractivity contribution in [3.05, 3.63) is 107 Å². The molecule has 0 amide bonds. The van der Waals surface area contributed by atoms with Crippen molar-refractivity contribution in [2.75, 3.05) is 13.7 Å². The second-order valence-electron chi connectivity index (χ2n) is 6.80. The van der Waals surface area contributed by atoms with Crippen LogP contribution in [0.2, 0.25) is 0 Å². The molecule has 1 heterocycles. The van der Waals surface area contributed by atoms with E-state index in [9.17, 15) is 5.21 Å². The lowest BCUT2D eigenvalue weighted by molar-refractivity contribution is -0.421. The van der Waals surface area contributed by atoms with Gasteiger partial charge in [0.05, 0.1) is 17.9 Å². The van der Waals surface area contributed by atoms with Crippen molar-refractivity contribution in [2.24, 2.45) is 0 Å². The summed E-state index contributed by atoms with van der Waals surface area (Å²) in [5.74, 6) is 0.779. The summed E-state index contributed by atoms with van der Waals surface area (Å²) in [6, 6.07) is 22.1. The maximum Gasteiger partial charge on any atom is 0.219 e. The number of allylic oxidation sites excluding steroid dienone is 1. The highest BCUT2D eigenvalue weighted by Crippen LogP contribution is 2.34. The smallest absolute Gasteiger partial charge is 0.219 e. The number of pyridine rings is 1. The van der Waals surface area contributed by atoms with Crippen LogP contribution < -0.4 is 4.74 Å². The maximum atomic E-state index is 12.1. The summed E-state index contributed by atoms with van der Waals surface area (Å²) >= 11 is 0. The highest BCUT2D eigenvalue weighted by atomic mass is 16.5. The van der Waals surface area contributed by atoms with Crippen molar-refractivity contribution in [1.82, 2.24) is 4.98 Å². The first-order chi connectivity index (χ1) is 13.7. The molecule has 0 radical (unpaired) electrons. The molecule has 4 rings (SSSR count). The van der Waals surface area contributed by atoms with Crippen LogP contribution in [0.25, 0.3) is 5.57 Å². The molecule has 2 aromatic carbocycles. The Morgan fingerprint density at radius 2 is 1.79 bits per heavy atom. The Morgan fingerprint density at radius 3 is 2.54 bits per heavy atom. The monoisotopic (exact) mass is 370 g/mol. The van der Waals surface area contributed by atoms with E-state index in [1.165, 1.54) is 12.6 Å². The molecule has 1 aliphatic rings. The number of rotatable bonds is 6. The number of hydrogen-bond donors (Lipinski definition) is 0. The summed E-state index contributed by atoms with van der Waals surface area (Å²) in [5, 5.41) is 12.1. The lowest BCUT2D eigenvalue weighted by Gasteiger charge is -2.10. The Kier molecular flexibility index (Phi) is 5.20. The van der Waals surface area contributed by atoms with Gasteiger partial charge in [0.2, 0.25) is 5.71 Å². The number of benzene rings is 2. The van der Waals surface area contributed by atoms with Crippen LogP contribution in [0.15, 0.2) is 79.0 Å². The van der Waals surface area contributed by atoms with Crippen molar-refractivity contribution >= 4 is 11.3 Å². The highest BCUT2D eigenvalue weighted by molar-refractivity contribution is 6.19. The number of aromatic nitrogens is 1. The van der Waals surface area contributed by atoms with Crippen molar-refractivity contribution in [3.8, 4) is 5.75 Å². The Hall–Kier alpha value is -3.40. The lowest BCUT2D eigenvalue weighted by Crippen LogP contribution is -2.09. The van der Waals surface area contributed by atoms with Gasteiger partial charge in [0.15, 0.2) is 0 Å². The number of fused-ring (bicyclic) bond motifs is 1. The standard InChI is InChI=1S/C24H22N2O2/c1-26(27)24-17-21(23-11-5-6-14-25-23)20-13-12-19(16-22(20)24)28-15-7-10-18-8-3-2-4-9-18/h2-6,8-9,11-14,16-17H,7,10,15H2,1H3/b26-24-. The summed E-state index contributed by atoms with van der Waals surface area (Å²) < 4.78 is 6.85. The molecule has 0 N–H and O–H groups in total. The highest BCUT2D eigenvalue weighted by Gasteiger charge is 2.26. The molecule has 28 heavy (non-hydrogen) atoms. The Bertz CT molecular complexity index is 1020. The van der Waals surface area contributed by atoms with Crippen molar-refractivity contribution in [3.63, 3.8) is 0 Å². The van der Waals surface area contributed by atoms with Gasteiger partial charge < -0.3 is 9.94 Å². The second-order valence-corrected chi connectivity index (χ2v) is 6.80. The molecular weight excluding hydrogens is 348 g/mol. The van der Waals surface area contributed by atoms with Gasteiger partial charge in [0.1, 0.15) is 12.8 Å². The zero-order valence-electron chi connectivity index (χ0n) is 15.8. The minimum Gasteiger partial charge on any atom is -0.624 e. The zero-order valence-corrected chi connectivity index (χ0v) is 15.8. The van der Waals surface area contributed by atoms with E-state index in [4.69, 9.17) is 4.74 Å². The molecule has 3 aromatic rings. The van der Waals surface area contributed by atoms with E-state index < -0.39 is 0 Å². The first-order valence-electron chi connectivity index (χ1n) is 9.45. The zero-order chi connectivity index (χ0) is 19.3. The van der Waals surface area contributed by atoms with E-state index in [0.29, 0.717) is 12.3 Å². The third-order valence-electron chi connectivity index (χ3n) is 4.84. The molecule has 0 aliphatic heterocycles. The number of ether oxygens (including phenoxy) is 1. The predicted molar refractivity (Wildman–Crippen MR) is 112 cm³/mol. The van der Waals surface area contributed by atoms with Crippen LogP contribution in [0, 0.1) is 5.21 Å². The summed E-state index contributed by atoms with van der Waals surface area (Å²) in [6.07, 6.45) is 5.59. The fourth-order valence-electron chi connectivity index (χ4n) is 3.46. The summed E-state index contributed by atoms with van der Waals surface area (Å²) in [4.78, 5) is 4.43. The molecule has 1 aromatic heterocycles. The van der Waals surface area contributed by atoms with Gasteiger partial charge in [0.25, 0.3) is 0 Å². The van der Waals surface area contributed by atoms with Gasteiger partial charge in [-0.1, -0.05) is 36.4 Å². The SMILES string of the molecule is C/[N+]([O-])=C1\C=C(c2ccccn2)c2ccc(OCCCc3ccccc3)cc21. The normalized spacial score (nSPS) is 14.4. The van der Waals surface area contributed by atoms with Gasteiger partial charge >= 0.3 is 0 Å². The average Bonchev–Trinajstić information content (AvgIpc) is 3.12. The topological polar surface area (TPSA) is 48.2 Å². The molecule has 0 saturated carbocycles. The minimum atomic E-state index is 0.630. The van der Waals surface area contributed by atoms with Gasteiger partial charge in [0, 0.05) is 17.8 Å². The number of aryl methyl sites for hydroxylation is 1. The van der Waals surface area contributed by atoms with Gasteiger partial charge in [-0.05, 0) is 54.3 Å². The summed E-state index contributed by atoms with van der Waals surface area (Å²) in [6.45, 7) is 0.636. The Morgan fingerprint density at radius 1 is 0.964 bits per heavy atom. The van der Waals surface area contributed by atoms with Crippen LogP contribution in [-0.4, -0.2) is 29.1 Å². The van der Waals surface area contributed by atoms with Crippen LogP contribution in [0.3, 0.4) is 0 Å². The average molecular weight is 370 g/mol. The molecule has 4 heteroatoms. The first kappa shape index (κ1) is 18.0. The van der Waals surface area contributed by atoms with Gasteiger partial charge in [-0.3, -0.25) is 4.98 Å². The molecule has 0 saturated heterocycles. The molecule has 140 valence electrons. The van der Waals surface area contributed by atoms with E-state index in [1.54, 1.807) is 6.20 Å². The van der Waals surface area contributed by atoms with Gasteiger partial charge in [-0.2, -0.15) is 0 Å². The van der Waals surface area contributed by atoms with E-state index in [-0.39, 0.29) is 0 Å². The molecular formula is C24H22N2O2. The van der Waals surface area contributed by atoms with E-state index in [2.05, 4.69) is 29.2 Å². The van der Waals surface area contributed by atoms with E-state index >= 15 is 0 Å². The van der Waals surface area contributed by atoms with Crippen LogP contribution in [0.1, 0.15) is 28.8 Å². The molecule has 0 bridgehead atoms. The van der Waals surface area contributed by atoms with Crippen LogP contribution in [0.5, 0.6) is 5.75 Å². The lowest BCUT2D eigenvalue weighted by atomic mass is 10.0. The second kappa shape index (κ2) is 8.09. The first-order valence-corrected chi connectivity index (χ1v) is 9.45. The van der Waals surface area contributed by atoms with Crippen molar-refractivity contribution < 1.29 is 9.48 Å². The van der Waals surface area contributed by atoms with Gasteiger partial charge in [-0.25, -0.2) is 4.74 Å². The Labute approximate surface area is 165 Å². The number of hydrogen-bond acceptors (Lipinski definition) is 3. The molecule has 0 unspecified atom stereocenters. The maximum absolute atomic E-state index is 12.1. The number of nitrogens with zero attached hydrogens (tertiary/aromatic N) is 2.